The largest absolute Gasteiger partial charge is 0.361 e. The molecule has 1 fully saturated rings. The van der Waals surface area contributed by atoms with Crippen molar-refractivity contribution in [2.75, 3.05) is 25.1 Å². The molecule has 1 N–H and O–H groups in total. The van der Waals surface area contributed by atoms with Crippen LogP contribution in [0.2, 0.25) is 0 Å². The molecule has 1 atom stereocenters. The van der Waals surface area contributed by atoms with Gasteiger partial charge in [0.05, 0.1) is 37.7 Å². The summed E-state index contributed by atoms with van der Waals surface area (Å²) >= 11 is 0. The van der Waals surface area contributed by atoms with Gasteiger partial charge in [-0.2, -0.15) is 0 Å². The number of halogens is 4. The number of fused-ring (bicyclic) bond motifs is 2. The molecule has 150 valence electrons. The Hall–Kier alpha value is -2.53. The quantitative estimate of drug-likeness (QED) is 0.614. The number of aromatic nitrogens is 2. The highest BCUT2D eigenvalue weighted by Crippen LogP contribution is 2.63. The van der Waals surface area contributed by atoms with Gasteiger partial charge in [-0.1, -0.05) is 17.6 Å². The van der Waals surface area contributed by atoms with E-state index in [2.05, 4.69) is 15.3 Å². The fourth-order valence-corrected chi connectivity index (χ4v) is 3.68. The summed E-state index contributed by atoms with van der Waals surface area (Å²) in [6.07, 6.45) is 1.21. The zero-order valence-corrected chi connectivity index (χ0v) is 15.1. The van der Waals surface area contributed by atoms with Gasteiger partial charge in [0.15, 0.2) is 5.82 Å². The average Bonchev–Trinajstić information content (AvgIpc) is 3.19. The predicted molar refractivity (Wildman–Crippen MR) is 94.9 cm³/mol. The molecule has 6 nitrogen and oxygen atoms in total. The first kappa shape index (κ1) is 19.8. The second-order valence-electron chi connectivity index (χ2n) is 7.20. The van der Waals surface area contributed by atoms with Gasteiger partial charge in [-0.25, -0.2) is 27.5 Å². The summed E-state index contributed by atoms with van der Waals surface area (Å²) in [5.74, 6) is -5.41. The van der Waals surface area contributed by atoms with E-state index in [1.165, 1.54) is 17.0 Å². The van der Waals surface area contributed by atoms with E-state index < -0.39 is 35.3 Å². The van der Waals surface area contributed by atoms with Crippen molar-refractivity contribution in [1.82, 2.24) is 14.9 Å². The molecule has 1 aliphatic carbocycles. The summed E-state index contributed by atoms with van der Waals surface area (Å²) in [7, 11) is 5.60. The third-order valence-electron chi connectivity index (χ3n) is 5.10. The van der Waals surface area contributed by atoms with Crippen LogP contribution >= 0.6 is 0 Å². The van der Waals surface area contributed by atoms with Gasteiger partial charge in [0.25, 0.3) is 5.92 Å². The van der Waals surface area contributed by atoms with E-state index in [1.54, 1.807) is 0 Å². The second-order valence-corrected chi connectivity index (χ2v) is 7.20. The summed E-state index contributed by atoms with van der Waals surface area (Å²) in [5.41, 5.74) is -1.84. The molecule has 1 aliphatic heterocycles. The fraction of sp³-hybridized carbons (Fsp3) is 0.389. The normalized spacial score (nSPS) is 23.2. The van der Waals surface area contributed by atoms with Crippen LogP contribution in [0, 0.1) is 11.6 Å². The highest BCUT2D eigenvalue weighted by atomic mass is 19.3. The number of ether oxygens (including phenoxy) is 1. The Morgan fingerprint density at radius 1 is 1.28 bits per heavy atom. The summed E-state index contributed by atoms with van der Waals surface area (Å²) in [6.45, 7) is -0.826. The maximum Gasteiger partial charge on any atom is 0.260 e. The minimum absolute atomic E-state index is 0.0937. The number of hydrogen-bond acceptors (Lipinski definition) is 5. The summed E-state index contributed by atoms with van der Waals surface area (Å²) in [5, 5.41) is 2.35. The van der Waals surface area contributed by atoms with Crippen molar-refractivity contribution in [1.29, 1.82) is 0 Å². The smallest absolute Gasteiger partial charge is 0.260 e. The van der Waals surface area contributed by atoms with Crippen molar-refractivity contribution < 1.29 is 27.1 Å². The molecule has 2 radical (unpaired) electrons. The number of carbonyl (C=O) groups excluding carboxylic acids is 1. The lowest BCUT2D eigenvalue weighted by molar-refractivity contribution is -0.119. The number of rotatable bonds is 3. The number of benzene rings is 1. The van der Waals surface area contributed by atoms with E-state index in [4.69, 9.17) is 12.6 Å². The van der Waals surface area contributed by atoms with Crippen LogP contribution in [0.25, 0.3) is 0 Å². The zero-order chi connectivity index (χ0) is 20.8. The molecule has 1 saturated carbocycles. The lowest BCUT2D eigenvalue weighted by atomic mass is 9.83. The van der Waals surface area contributed by atoms with Gasteiger partial charge < -0.3 is 4.74 Å². The van der Waals surface area contributed by atoms with Crippen LogP contribution in [0.3, 0.4) is 0 Å². The van der Waals surface area contributed by atoms with Crippen LogP contribution in [-0.2, 0) is 21.6 Å². The van der Waals surface area contributed by atoms with Crippen molar-refractivity contribution in [3.8, 4) is 0 Å². The van der Waals surface area contributed by atoms with Crippen LogP contribution < -0.4 is 10.8 Å². The third-order valence-corrected chi connectivity index (χ3v) is 5.10. The van der Waals surface area contributed by atoms with Crippen molar-refractivity contribution in [2.45, 2.75) is 24.4 Å². The number of carbonyl (C=O) groups is 1. The van der Waals surface area contributed by atoms with Crippen molar-refractivity contribution in [3.05, 3.63) is 47.3 Å². The molecule has 4 rings (SSSR count). The highest BCUT2D eigenvalue weighted by Gasteiger charge is 2.73. The van der Waals surface area contributed by atoms with Crippen LogP contribution in [0.15, 0.2) is 24.5 Å². The van der Waals surface area contributed by atoms with Gasteiger partial charge >= 0.3 is 0 Å². The van der Waals surface area contributed by atoms with E-state index in [-0.39, 0.29) is 43.4 Å². The number of nitrogens with zero attached hydrogens (tertiary/aromatic N) is 3. The Balaban J connectivity index is 1.56. The number of nitrogens with one attached hydrogen (secondary N) is 1. The Morgan fingerprint density at radius 3 is 2.62 bits per heavy atom. The van der Waals surface area contributed by atoms with Crippen LogP contribution in [0.4, 0.5) is 23.5 Å². The van der Waals surface area contributed by atoms with Gasteiger partial charge in [-0.3, -0.25) is 15.0 Å². The Bertz CT molecular complexity index is 960. The first-order chi connectivity index (χ1) is 13.7. The van der Waals surface area contributed by atoms with Crippen molar-refractivity contribution >= 4 is 25.2 Å². The van der Waals surface area contributed by atoms with Gasteiger partial charge in [0.2, 0.25) is 11.9 Å². The Kier molecular flexibility index (Phi) is 4.82. The third kappa shape index (κ3) is 3.60. The van der Waals surface area contributed by atoms with Crippen LogP contribution in [0.1, 0.15) is 17.5 Å². The maximum atomic E-state index is 14.7. The first-order valence-corrected chi connectivity index (χ1v) is 8.74. The SMILES string of the molecule is [B]c1ccc2c(c1F)[C@]1(CN(CC(=O)Nc3ncc(F)cn3)COC2)CC1(F)F. The molecular weight excluding hydrogens is 391 g/mol. The zero-order valence-electron chi connectivity index (χ0n) is 15.1. The van der Waals surface area contributed by atoms with Crippen molar-refractivity contribution in [2.24, 2.45) is 0 Å². The Labute approximate surface area is 164 Å². The number of hydrogen-bond donors (Lipinski definition) is 1. The minimum Gasteiger partial charge on any atom is -0.361 e. The molecule has 2 aliphatic rings. The lowest BCUT2D eigenvalue weighted by Gasteiger charge is -2.32. The van der Waals surface area contributed by atoms with Gasteiger partial charge in [-0.15, -0.1) is 0 Å². The molecule has 1 spiro atoms. The Morgan fingerprint density at radius 2 is 1.97 bits per heavy atom. The maximum absolute atomic E-state index is 14.7. The highest BCUT2D eigenvalue weighted by molar-refractivity contribution is 6.32. The van der Waals surface area contributed by atoms with Gasteiger partial charge in [-0.05, 0) is 5.56 Å². The molecule has 2 aromatic rings. The summed E-state index contributed by atoms with van der Waals surface area (Å²) in [6, 6.07) is 2.80. The predicted octanol–water partition coefficient (Wildman–Crippen LogP) is 1.25. The standard InChI is InChI=1S/C18H15BF4N4O2/c19-12-2-1-10-6-29-9-27(5-13(28)26-16-24-3-11(20)4-25-16)8-17(7-18(17,22)23)14(10)15(12)21/h1-4H,5-9H2,(H,24,25,26,28)/t17-/m1/s1. The van der Waals surface area contributed by atoms with Crippen LogP contribution in [0.5, 0.6) is 0 Å². The first-order valence-electron chi connectivity index (χ1n) is 8.74. The number of amides is 1. The van der Waals surface area contributed by atoms with Gasteiger partial charge in [0, 0.05) is 18.5 Å². The molecule has 1 aromatic carbocycles. The van der Waals surface area contributed by atoms with Gasteiger partial charge in [0.1, 0.15) is 13.7 Å². The molecule has 29 heavy (non-hydrogen) atoms. The van der Waals surface area contributed by atoms with E-state index in [1.807, 2.05) is 0 Å². The summed E-state index contributed by atoms with van der Waals surface area (Å²) in [4.78, 5) is 20.8. The summed E-state index contributed by atoms with van der Waals surface area (Å²) < 4.78 is 61.9. The minimum atomic E-state index is -3.14. The van der Waals surface area contributed by atoms with E-state index in [0.717, 1.165) is 12.4 Å². The molecule has 1 aromatic heterocycles. The fourth-order valence-electron chi connectivity index (χ4n) is 3.68. The van der Waals surface area contributed by atoms with E-state index >= 15 is 0 Å². The van der Waals surface area contributed by atoms with E-state index in [9.17, 15) is 22.4 Å². The molecule has 0 unspecified atom stereocenters. The molecule has 11 heteroatoms. The number of alkyl halides is 2. The molecular formula is C18H15BF4N4O2. The monoisotopic (exact) mass is 406 g/mol. The lowest BCUT2D eigenvalue weighted by Crippen LogP contribution is -2.44. The second kappa shape index (κ2) is 7.07. The molecule has 0 bridgehead atoms. The number of anilines is 1. The molecule has 2 heterocycles. The van der Waals surface area contributed by atoms with E-state index in [0.29, 0.717) is 5.56 Å². The van der Waals surface area contributed by atoms with Crippen molar-refractivity contribution in [3.63, 3.8) is 0 Å². The average molecular weight is 406 g/mol. The van der Waals surface area contributed by atoms with Crippen LogP contribution in [-0.4, -0.2) is 54.4 Å². The molecule has 0 saturated heterocycles. The topological polar surface area (TPSA) is 67.4 Å². The molecule has 1 amide bonds.